The van der Waals surface area contributed by atoms with Gasteiger partial charge in [-0.1, -0.05) is 17.7 Å². The van der Waals surface area contributed by atoms with E-state index in [0.29, 0.717) is 48.2 Å². The van der Waals surface area contributed by atoms with Crippen LogP contribution in [0.5, 0.6) is 5.75 Å². The Morgan fingerprint density at radius 3 is 2.11 bits per heavy atom. The molecule has 0 unspecified atom stereocenters. The average molecular weight is 538 g/mol. The van der Waals surface area contributed by atoms with Crippen molar-refractivity contribution in [2.45, 2.75) is 0 Å². The van der Waals surface area contributed by atoms with Crippen LogP contribution in [0.25, 0.3) is 0 Å². The van der Waals surface area contributed by atoms with E-state index in [0.717, 1.165) is 5.69 Å². The van der Waals surface area contributed by atoms with E-state index in [9.17, 15) is 14.4 Å². The molecule has 198 valence electrons. The van der Waals surface area contributed by atoms with E-state index in [4.69, 9.17) is 25.8 Å². The Hall–Kier alpha value is -4.24. The summed E-state index contributed by atoms with van der Waals surface area (Å²) in [5.74, 6) is -0.937. The topological polar surface area (TPSA) is 88.6 Å². The maximum absolute atomic E-state index is 13.1. The van der Waals surface area contributed by atoms with Gasteiger partial charge in [-0.25, -0.2) is 9.59 Å². The minimum Gasteiger partial charge on any atom is -0.496 e. The highest BCUT2D eigenvalue weighted by atomic mass is 35.5. The van der Waals surface area contributed by atoms with Crippen LogP contribution in [-0.4, -0.2) is 70.3 Å². The number of ether oxygens (including phenoxy) is 3. The summed E-state index contributed by atoms with van der Waals surface area (Å²) in [6.07, 6.45) is 6.58. The molecule has 0 bridgehead atoms. The van der Waals surface area contributed by atoms with Gasteiger partial charge in [0.1, 0.15) is 11.4 Å². The summed E-state index contributed by atoms with van der Waals surface area (Å²) in [7, 11) is 4.05. The summed E-state index contributed by atoms with van der Waals surface area (Å²) in [4.78, 5) is 43.7. The third-order valence-electron chi connectivity index (χ3n) is 6.34. The number of carbonyl (C=O) groups excluding carboxylic acids is 3. The van der Waals surface area contributed by atoms with Gasteiger partial charge in [-0.2, -0.15) is 0 Å². The predicted molar refractivity (Wildman–Crippen MR) is 144 cm³/mol. The number of anilines is 2. The van der Waals surface area contributed by atoms with E-state index >= 15 is 0 Å². The molecule has 0 saturated carbocycles. The van der Waals surface area contributed by atoms with Crippen LogP contribution in [0.1, 0.15) is 10.4 Å². The van der Waals surface area contributed by atoms with Crippen molar-refractivity contribution in [2.24, 2.45) is 0 Å². The smallest absolute Gasteiger partial charge is 0.355 e. The number of halogens is 1. The lowest BCUT2D eigenvalue weighted by Crippen LogP contribution is -2.48. The number of amides is 1. The molecule has 2 aromatic rings. The van der Waals surface area contributed by atoms with Crippen LogP contribution in [-0.2, 0) is 19.1 Å². The fourth-order valence-corrected chi connectivity index (χ4v) is 4.55. The van der Waals surface area contributed by atoms with Crippen LogP contribution in [0.3, 0.4) is 0 Å². The number of hydrogen-bond donors (Lipinski definition) is 0. The SMILES string of the molecule is COC(=O)C1=C(C(=O)OC)N(c2ccc(N3CCN(C(=O)c4cc(Cl)ccc4OC)CC3)cc2)C=CC=C1. The maximum Gasteiger partial charge on any atom is 0.355 e. The molecule has 1 saturated heterocycles. The van der Waals surface area contributed by atoms with Gasteiger partial charge in [0.15, 0.2) is 0 Å². The summed E-state index contributed by atoms with van der Waals surface area (Å²) in [5.41, 5.74) is 2.22. The lowest BCUT2D eigenvalue weighted by Gasteiger charge is -2.36. The zero-order chi connectivity index (χ0) is 27.2. The molecule has 1 amide bonds. The Kier molecular flexibility index (Phi) is 8.38. The number of esters is 2. The molecule has 9 nitrogen and oxygen atoms in total. The molecule has 0 atom stereocenters. The zero-order valence-electron chi connectivity index (χ0n) is 21.3. The van der Waals surface area contributed by atoms with Crippen LogP contribution in [0.2, 0.25) is 5.02 Å². The monoisotopic (exact) mass is 537 g/mol. The van der Waals surface area contributed by atoms with Crippen molar-refractivity contribution in [1.29, 1.82) is 0 Å². The Labute approximate surface area is 226 Å². The summed E-state index contributed by atoms with van der Waals surface area (Å²) in [6, 6.07) is 12.6. The number of allylic oxidation sites excluding steroid dienone is 2. The molecule has 38 heavy (non-hydrogen) atoms. The minimum atomic E-state index is -0.664. The molecule has 2 aromatic carbocycles. The third-order valence-corrected chi connectivity index (χ3v) is 6.58. The number of nitrogens with zero attached hydrogens (tertiary/aromatic N) is 3. The largest absolute Gasteiger partial charge is 0.496 e. The maximum atomic E-state index is 13.1. The first-order valence-corrected chi connectivity index (χ1v) is 12.3. The van der Waals surface area contributed by atoms with Crippen LogP contribution < -0.4 is 14.5 Å². The Morgan fingerprint density at radius 1 is 0.816 bits per heavy atom. The molecule has 2 aliphatic heterocycles. The first-order valence-electron chi connectivity index (χ1n) is 11.9. The molecule has 4 rings (SSSR count). The average Bonchev–Trinajstić information content (AvgIpc) is 3.19. The highest BCUT2D eigenvalue weighted by molar-refractivity contribution is 6.31. The normalized spacial score (nSPS) is 15.3. The number of hydrogen-bond acceptors (Lipinski definition) is 8. The number of piperazine rings is 1. The first kappa shape index (κ1) is 26.8. The Balaban J connectivity index is 1.50. The van der Waals surface area contributed by atoms with Gasteiger partial charge < -0.3 is 28.9 Å². The first-order chi connectivity index (χ1) is 18.4. The van der Waals surface area contributed by atoms with Gasteiger partial charge in [0.2, 0.25) is 0 Å². The van der Waals surface area contributed by atoms with E-state index in [-0.39, 0.29) is 17.2 Å². The second-order valence-electron chi connectivity index (χ2n) is 8.46. The fraction of sp³-hybridized carbons (Fsp3) is 0.250. The molecule has 2 heterocycles. The molecule has 10 heteroatoms. The molecule has 0 N–H and O–H groups in total. The van der Waals surface area contributed by atoms with Gasteiger partial charge in [-0.3, -0.25) is 4.79 Å². The van der Waals surface area contributed by atoms with Gasteiger partial charge in [-0.15, -0.1) is 0 Å². The van der Waals surface area contributed by atoms with Crippen molar-refractivity contribution in [3.8, 4) is 5.75 Å². The third kappa shape index (κ3) is 5.52. The highest BCUT2D eigenvalue weighted by Gasteiger charge is 2.28. The van der Waals surface area contributed by atoms with Crippen molar-refractivity contribution >= 4 is 40.8 Å². The van der Waals surface area contributed by atoms with E-state index in [2.05, 4.69) is 4.90 Å². The minimum absolute atomic E-state index is 0.0562. The lowest BCUT2D eigenvalue weighted by molar-refractivity contribution is -0.139. The molecule has 0 aliphatic carbocycles. The summed E-state index contributed by atoms with van der Waals surface area (Å²) >= 11 is 6.11. The molecular formula is C28H28ClN3O6. The highest BCUT2D eigenvalue weighted by Crippen LogP contribution is 2.29. The number of rotatable bonds is 6. The predicted octanol–water partition coefficient (Wildman–Crippen LogP) is 3.80. The van der Waals surface area contributed by atoms with Crippen molar-refractivity contribution in [1.82, 2.24) is 4.90 Å². The van der Waals surface area contributed by atoms with Crippen LogP contribution in [0.4, 0.5) is 11.4 Å². The van der Waals surface area contributed by atoms with Gasteiger partial charge in [0.05, 0.1) is 32.5 Å². The zero-order valence-corrected chi connectivity index (χ0v) is 22.1. The van der Waals surface area contributed by atoms with E-state index in [1.165, 1.54) is 27.4 Å². The number of benzene rings is 2. The molecular weight excluding hydrogens is 510 g/mol. The van der Waals surface area contributed by atoms with Crippen LogP contribution >= 0.6 is 11.6 Å². The van der Waals surface area contributed by atoms with Gasteiger partial charge in [-0.05, 0) is 54.6 Å². The summed E-state index contributed by atoms with van der Waals surface area (Å²) in [6.45, 7) is 2.35. The Morgan fingerprint density at radius 2 is 1.47 bits per heavy atom. The van der Waals surface area contributed by atoms with Gasteiger partial charge in [0, 0.05) is 48.8 Å². The number of carbonyl (C=O) groups is 3. The van der Waals surface area contributed by atoms with Crippen molar-refractivity contribution in [2.75, 3.05) is 57.3 Å². The molecule has 2 aliphatic rings. The van der Waals surface area contributed by atoms with Crippen molar-refractivity contribution in [3.05, 3.63) is 88.7 Å². The van der Waals surface area contributed by atoms with Crippen molar-refractivity contribution < 1.29 is 28.6 Å². The van der Waals surface area contributed by atoms with E-state index in [1.54, 1.807) is 46.4 Å². The fourth-order valence-electron chi connectivity index (χ4n) is 4.38. The van der Waals surface area contributed by atoms with Gasteiger partial charge >= 0.3 is 11.9 Å². The number of methoxy groups -OCH3 is 3. The van der Waals surface area contributed by atoms with Gasteiger partial charge in [0.25, 0.3) is 5.91 Å². The quantitative estimate of drug-likeness (QED) is 0.514. The lowest BCUT2D eigenvalue weighted by atomic mass is 10.1. The van der Waals surface area contributed by atoms with Crippen LogP contribution in [0, 0.1) is 0 Å². The Bertz CT molecular complexity index is 1310. The van der Waals surface area contributed by atoms with E-state index in [1.807, 2.05) is 24.3 Å². The summed E-state index contributed by atoms with van der Waals surface area (Å²) < 4.78 is 15.2. The molecule has 0 radical (unpaired) electrons. The molecule has 0 aromatic heterocycles. The molecule has 0 spiro atoms. The molecule has 1 fully saturated rings. The van der Waals surface area contributed by atoms with Crippen LogP contribution in [0.15, 0.2) is 78.2 Å². The summed E-state index contributed by atoms with van der Waals surface area (Å²) in [5, 5.41) is 0.479. The second kappa shape index (κ2) is 11.9. The second-order valence-corrected chi connectivity index (χ2v) is 8.89. The van der Waals surface area contributed by atoms with Crippen molar-refractivity contribution in [3.63, 3.8) is 0 Å². The van der Waals surface area contributed by atoms with E-state index < -0.39 is 11.9 Å². The standard InChI is InChI=1S/C28H28ClN3O6/c1-36-24-12-7-19(29)18-23(24)26(33)31-16-14-30(15-17-31)20-8-10-21(11-9-20)32-13-5-4-6-22(27(34)37-2)25(32)28(35)38-3/h4-13,18H,14-17H2,1-3H3.